The van der Waals surface area contributed by atoms with Crippen LogP contribution in [0.3, 0.4) is 0 Å². The van der Waals surface area contributed by atoms with E-state index in [9.17, 15) is 9.00 Å². The number of rotatable bonds is 13. The van der Waals surface area contributed by atoms with Crippen molar-refractivity contribution in [2.75, 3.05) is 42.7 Å². The van der Waals surface area contributed by atoms with Crippen molar-refractivity contribution >= 4 is 50.9 Å². The molecule has 5 rings (SSSR count). The maximum Gasteiger partial charge on any atom is 0.238 e. The number of fused-ring (bicyclic) bond motifs is 1. The third-order valence-corrected chi connectivity index (χ3v) is 7.87. The normalized spacial score (nSPS) is 12.2. The van der Waals surface area contributed by atoms with Gasteiger partial charge >= 0.3 is 0 Å². The third kappa shape index (κ3) is 7.88. The van der Waals surface area contributed by atoms with Gasteiger partial charge in [-0.05, 0) is 41.8 Å². The first-order valence-corrected chi connectivity index (χ1v) is 15.2. The minimum Gasteiger partial charge on any atom is -0.497 e. The molecular formula is C33H34N6O4S. The van der Waals surface area contributed by atoms with Crippen LogP contribution in [0.25, 0.3) is 11.0 Å². The Kier molecular flexibility index (Phi) is 10.0. The van der Waals surface area contributed by atoms with Crippen LogP contribution < -0.4 is 30.1 Å². The van der Waals surface area contributed by atoms with Crippen LogP contribution in [0.15, 0.2) is 102 Å². The standard InChI is InChI=1S/C33H34N6O4S/c1-22(23-10-5-4-6-11-23)20-34-21-31(40)35-24-12-9-13-28(18-24)44(41)39-33-32(37-29-14-7-8-15-30(29)38-33)36-25-16-26(42-2)19-27(17-25)43-3/h4-19,22,34H,20-21H2,1-3H3,(H,35,40)(H,36,37)(H,38,39). The monoisotopic (exact) mass is 610 g/mol. The minimum absolute atomic E-state index is 0.152. The summed E-state index contributed by atoms with van der Waals surface area (Å²) in [6.07, 6.45) is 0. The molecule has 44 heavy (non-hydrogen) atoms. The summed E-state index contributed by atoms with van der Waals surface area (Å²) >= 11 is 0. The van der Waals surface area contributed by atoms with Gasteiger partial charge in [-0.25, -0.2) is 14.2 Å². The second-order valence-corrected chi connectivity index (χ2v) is 11.2. The molecule has 0 fully saturated rings. The van der Waals surface area contributed by atoms with Gasteiger partial charge in [-0.2, -0.15) is 0 Å². The molecule has 1 amide bonds. The molecule has 1 heterocycles. The van der Waals surface area contributed by atoms with Gasteiger partial charge < -0.3 is 25.4 Å². The van der Waals surface area contributed by atoms with Gasteiger partial charge in [0.25, 0.3) is 0 Å². The highest BCUT2D eigenvalue weighted by Gasteiger charge is 2.15. The van der Waals surface area contributed by atoms with Gasteiger partial charge in [0.2, 0.25) is 5.91 Å². The van der Waals surface area contributed by atoms with Gasteiger partial charge in [0.05, 0.1) is 36.7 Å². The summed E-state index contributed by atoms with van der Waals surface area (Å²) in [6.45, 7) is 2.93. The van der Waals surface area contributed by atoms with E-state index in [0.29, 0.717) is 51.2 Å². The van der Waals surface area contributed by atoms with Crippen LogP contribution in [-0.4, -0.2) is 47.4 Å². The zero-order valence-corrected chi connectivity index (χ0v) is 25.5. The number of amides is 1. The van der Waals surface area contributed by atoms with Crippen molar-refractivity contribution in [3.8, 4) is 11.5 Å². The molecule has 226 valence electrons. The quantitative estimate of drug-likeness (QED) is 0.131. The van der Waals surface area contributed by atoms with E-state index in [1.54, 1.807) is 56.7 Å². The molecule has 4 aromatic carbocycles. The van der Waals surface area contributed by atoms with Crippen molar-refractivity contribution in [1.29, 1.82) is 0 Å². The maximum absolute atomic E-state index is 13.5. The van der Waals surface area contributed by atoms with Crippen molar-refractivity contribution in [1.82, 2.24) is 15.3 Å². The van der Waals surface area contributed by atoms with E-state index in [1.165, 1.54) is 5.56 Å². The Morgan fingerprint density at radius 2 is 1.45 bits per heavy atom. The Morgan fingerprint density at radius 1 is 0.795 bits per heavy atom. The van der Waals surface area contributed by atoms with Gasteiger partial charge in [0.15, 0.2) is 22.6 Å². The second-order valence-electron chi connectivity index (χ2n) is 10.0. The number of carbonyl (C=O) groups excluding carboxylic acids is 1. The first kappa shape index (κ1) is 30.5. The molecule has 4 N–H and O–H groups in total. The molecule has 10 nitrogen and oxygen atoms in total. The zero-order chi connectivity index (χ0) is 30.9. The first-order chi connectivity index (χ1) is 21.4. The lowest BCUT2D eigenvalue weighted by molar-refractivity contribution is -0.115. The Labute approximate surface area is 258 Å². The molecule has 0 aliphatic carbocycles. The van der Waals surface area contributed by atoms with Crippen molar-refractivity contribution < 1.29 is 18.5 Å². The molecule has 0 bridgehead atoms. The smallest absolute Gasteiger partial charge is 0.238 e. The summed E-state index contributed by atoms with van der Waals surface area (Å²) in [7, 11) is 1.42. The number of anilines is 4. The lowest BCUT2D eigenvalue weighted by Crippen LogP contribution is -2.30. The number of ether oxygens (including phenoxy) is 2. The van der Waals surface area contributed by atoms with Crippen LogP contribution in [0.1, 0.15) is 18.4 Å². The van der Waals surface area contributed by atoms with Crippen molar-refractivity contribution in [2.45, 2.75) is 17.7 Å². The molecule has 0 spiro atoms. The van der Waals surface area contributed by atoms with Crippen LogP contribution in [-0.2, 0) is 15.8 Å². The van der Waals surface area contributed by atoms with Crippen LogP contribution in [0.5, 0.6) is 11.5 Å². The van der Waals surface area contributed by atoms with E-state index in [4.69, 9.17) is 19.4 Å². The van der Waals surface area contributed by atoms with Crippen molar-refractivity contribution in [3.05, 3.63) is 103 Å². The molecule has 5 aromatic rings. The Morgan fingerprint density at radius 3 is 2.14 bits per heavy atom. The van der Waals surface area contributed by atoms with E-state index in [1.807, 2.05) is 42.5 Å². The number of methoxy groups -OCH3 is 2. The number of nitrogens with zero attached hydrogens (tertiary/aromatic N) is 2. The molecule has 0 radical (unpaired) electrons. The molecule has 1 aromatic heterocycles. The lowest BCUT2D eigenvalue weighted by Gasteiger charge is -2.15. The molecule has 0 saturated heterocycles. The van der Waals surface area contributed by atoms with E-state index < -0.39 is 11.0 Å². The summed E-state index contributed by atoms with van der Waals surface area (Å²) in [5, 5.41) is 9.33. The van der Waals surface area contributed by atoms with Crippen LogP contribution >= 0.6 is 0 Å². The summed E-state index contributed by atoms with van der Waals surface area (Å²) in [4.78, 5) is 22.5. The third-order valence-electron chi connectivity index (χ3n) is 6.81. The summed E-state index contributed by atoms with van der Waals surface area (Å²) < 4.78 is 27.3. The molecule has 2 atom stereocenters. The van der Waals surface area contributed by atoms with Crippen molar-refractivity contribution in [2.24, 2.45) is 0 Å². The topological polar surface area (TPSA) is 127 Å². The second kappa shape index (κ2) is 14.5. The number of nitrogens with one attached hydrogen (secondary N) is 4. The number of hydrogen-bond donors (Lipinski definition) is 4. The maximum atomic E-state index is 13.5. The highest BCUT2D eigenvalue weighted by Crippen LogP contribution is 2.31. The predicted molar refractivity (Wildman–Crippen MR) is 175 cm³/mol. The Bertz CT molecular complexity index is 1750. The largest absolute Gasteiger partial charge is 0.497 e. The van der Waals surface area contributed by atoms with Gasteiger partial charge in [-0.3, -0.25) is 9.52 Å². The average molecular weight is 611 g/mol. The first-order valence-electron chi connectivity index (χ1n) is 14.0. The zero-order valence-electron chi connectivity index (χ0n) is 24.7. The molecule has 0 saturated carbocycles. The van der Waals surface area contributed by atoms with Gasteiger partial charge in [0, 0.05) is 36.1 Å². The van der Waals surface area contributed by atoms with E-state index in [2.05, 4.69) is 39.7 Å². The van der Waals surface area contributed by atoms with Crippen molar-refractivity contribution in [3.63, 3.8) is 0 Å². The number of carbonyl (C=O) groups is 1. The van der Waals surface area contributed by atoms with Crippen LogP contribution in [0.2, 0.25) is 0 Å². The molecular weight excluding hydrogens is 576 g/mol. The SMILES string of the molecule is COc1cc(Nc2nc3ccccc3nc2NS(=O)c2cccc(NC(=O)CNCC(C)c3ccccc3)c2)cc(OC)c1. The molecule has 0 aliphatic heterocycles. The van der Waals surface area contributed by atoms with Crippen LogP contribution in [0, 0.1) is 0 Å². The Hall–Kier alpha value is -5.00. The van der Waals surface area contributed by atoms with E-state index in [-0.39, 0.29) is 24.2 Å². The number of aromatic nitrogens is 2. The molecule has 0 aliphatic rings. The Balaban J connectivity index is 1.28. The van der Waals surface area contributed by atoms with Gasteiger partial charge in [-0.1, -0.05) is 55.5 Å². The lowest BCUT2D eigenvalue weighted by atomic mass is 10.0. The fourth-order valence-electron chi connectivity index (χ4n) is 4.52. The predicted octanol–water partition coefficient (Wildman–Crippen LogP) is 5.86. The highest BCUT2D eigenvalue weighted by molar-refractivity contribution is 7.86. The van der Waals surface area contributed by atoms with E-state index in [0.717, 1.165) is 0 Å². The number of para-hydroxylation sites is 2. The fourth-order valence-corrected chi connectivity index (χ4v) is 5.39. The van der Waals surface area contributed by atoms with Crippen LogP contribution in [0.4, 0.5) is 23.0 Å². The van der Waals surface area contributed by atoms with Gasteiger partial charge in [-0.15, -0.1) is 0 Å². The number of hydrogen-bond acceptors (Lipinski definition) is 8. The minimum atomic E-state index is -1.72. The molecule has 11 heteroatoms. The molecule has 2 unspecified atom stereocenters. The summed E-state index contributed by atoms with van der Waals surface area (Å²) in [5.74, 6) is 1.92. The summed E-state index contributed by atoms with van der Waals surface area (Å²) in [5.41, 5.74) is 3.69. The fraction of sp³-hybridized carbons (Fsp3) is 0.182. The number of benzene rings is 4. The van der Waals surface area contributed by atoms with E-state index >= 15 is 0 Å². The average Bonchev–Trinajstić information content (AvgIpc) is 3.05. The summed E-state index contributed by atoms with van der Waals surface area (Å²) in [6, 6.07) is 29.8. The highest BCUT2D eigenvalue weighted by atomic mass is 32.2. The van der Waals surface area contributed by atoms with Gasteiger partial charge in [0.1, 0.15) is 11.5 Å².